The van der Waals surface area contributed by atoms with Crippen molar-refractivity contribution < 1.29 is 4.74 Å². The van der Waals surface area contributed by atoms with Gasteiger partial charge in [0, 0.05) is 12.6 Å². The van der Waals surface area contributed by atoms with E-state index in [4.69, 9.17) is 4.74 Å². The zero-order chi connectivity index (χ0) is 11.5. The number of benzene rings is 1. The van der Waals surface area contributed by atoms with E-state index in [1.807, 2.05) is 0 Å². The van der Waals surface area contributed by atoms with E-state index in [2.05, 4.69) is 49.3 Å². The van der Waals surface area contributed by atoms with Crippen LogP contribution in [0.15, 0.2) is 21.1 Å². The molecule has 0 radical (unpaired) electrons. The predicted octanol–water partition coefficient (Wildman–Crippen LogP) is 3.86. The third kappa shape index (κ3) is 2.79. The molecule has 0 aliphatic heterocycles. The molecular formula is C12H15Br2NO. The molecule has 2 nitrogen and oxygen atoms in total. The summed E-state index contributed by atoms with van der Waals surface area (Å²) in [5, 5.41) is 3.54. The Balaban J connectivity index is 2.03. The average molecular weight is 349 g/mol. The van der Waals surface area contributed by atoms with Gasteiger partial charge in [-0.15, -0.1) is 0 Å². The van der Waals surface area contributed by atoms with Crippen LogP contribution < -0.4 is 10.1 Å². The zero-order valence-electron chi connectivity index (χ0n) is 9.22. The Hall–Kier alpha value is -0.0600. The van der Waals surface area contributed by atoms with Gasteiger partial charge in [0.1, 0.15) is 5.75 Å². The van der Waals surface area contributed by atoms with E-state index < -0.39 is 0 Å². The Labute approximate surface area is 113 Å². The van der Waals surface area contributed by atoms with E-state index in [9.17, 15) is 0 Å². The third-order valence-electron chi connectivity index (χ3n) is 2.96. The van der Waals surface area contributed by atoms with E-state index >= 15 is 0 Å². The lowest BCUT2D eigenvalue weighted by molar-refractivity contribution is 0.338. The number of hydrogen-bond donors (Lipinski definition) is 1. The fraction of sp³-hybridized carbons (Fsp3) is 0.500. The highest BCUT2D eigenvalue weighted by atomic mass is 79.9. The van der Waals surface area contributed by atoms with Crippen molar-refractivity contribution in [1.29, 1.82) is 0 Å². The number of rotatable bonds is 4. The van der Waals surface area contributed by atoms with Crippen LogP contribution >= 0.6 is 31.9 Å². The Morgan fingerprint density at radius 1 is 1.31 bits per heavy atom. The molecule has 1 fully saturated rings. The minimum absolute atomic E-state index is 0.722. The second-order valence-corrected chi connectivity index (χ2v) is 5.81. The summed E-state index contributed by atoms with van der Waals surface area (Å²) in [5.74, 6) is 0.854. The van der Waals surface area contributed by atoms with E-state index in [0.29, 0.717) is 0 Å². The van der Waals surface area contributed by atoms with Crippen LogP contribution in [0.1, 0.15) is 24.8 Å². The van der Waals surface area contributed by atoms with Gasteiger partial charge >= 0.3 is 0 Å². The maximum Gasteiger partial charge on any atom is 0.147 e. The molecule has 1 saturated carbocycles. The van der Waals surface area contributed by atoms with Crippen molar-refractivity contribution >= 4 is 31.9 Å². The highest BCUT2D eigenvalue weighted by Crippen LogP contribution is 2.34. The molecule has 0 unspecified atom stereocenters. The van der Waals surface area contributed by atoms with Gasteiger partial charge in [0.25, 0.3) is 0 Å². The van der Waals surface area contributed by atoms with Gasteiger partial charge in [-0.2, -0.15) is 0 Å². The van der Waals surface area contributed by atoms with Gasteiger partial charge in [-0.05, 0) is 62.4 Å². The Kier molecular flexibility index (Phi) is 4.27. The Morgan fingerprint density at radius 3 is 2.38 bits per heavy atom. The first-order valence-electron chi connectivity index (χ1n) is 5.46. The standard InChI is InChI=1S/C12H15Br2NO/c1-16-12-10(13)5-8(6-11(12)14)7-15-9-3-2-4-9/h5-6,9,15H,2-4,7H2,1H3. The number of nitrogens with one attached hydrogen (secondary N) is 1. The molecule has 0 spiro atoms. The van der Waals surface area contributed by atoms with E-state index in [-0.39, 0.29) is 0 Å². The van der Waals surface area contributed by atoms with Crippen LogP contribution in [0, 0.1) is 0 Å². The highest BCUT2D eigenvalue weighted by Gasteiger charge is 2.16. The van der Waals surface area contributed by atoms with Crippen molar-refractivity contribution in [1.82, 2.24) is 5.32 Å². The van der Waals surface area contributed by atoms with E-state index in [1.54, 1.807) is 7.11 Å². The lowest BCUT2D eigenvalue weighted by Crippen LogP contribution is -2.34. The number of halogens is 2. The van der Waals surface area contributed by atoms with Gasteiger partial charge < -0.3 is 10.1 Å². The zero-order valence-corrected chi connectivity index (χ0v) is 12.4. The molecule has 0 aromatic heterocycles. The van der Waals surface area contributed by atoms with Crippen LogP contribution in [0.5, 0.6) is 5.75 Å². The first kappa shape index (κ1) is 12.4. The van der Waals surface area contributed by atoms with Crippen LogP contribution in [0.25, 0.3) is 0 Å². The number of methoxy groups -OCH3 is 1. The molecule has 0 bridgehead atoms. The maximum atomic E-state index is 5.27. The normalized spacial score (nSPS) is 15.9. The van der Waals surface area contributed by atoms with E-state index in [0.717, 1.165) is 27.3 Å². The van der Waals surface area contributed by atoms with E-state index in [1.165, 1.54) is 24.8 Å². The fourth-order valence-corrected chi connectivity index (χ4v) is 3.39. The quantitative estimate of drug-likeness (QED) is 0.891. The number of hydrogen-bond acceptors (Lipinski definition) is 2. The summed E-state index contributed by atoms with van der Waals surface area (Å²) < 4.78 is 7.26. The van der Waals surface area contributed by atoms with Gasteiger partial charge in [0.05, 0.1) is 16.1 Å². The van der Waals surface area contributed by atoms with Crippen molar-refractivity contribution in [3.63, 3.8) is 0 Å². The SMILES string of the molecule is COc1c(Br)cc(CNC2CCC2)cc1Br. The molecule has 4 heteroatoms. The van der Waals surface area contributed by atoms with Crippen LogP contribution in [-0.2, 0) is 6.54 Å². The smallest absolute Gasteiger partial charge is 0.147 e. The lowest BCUT2D eigenvalue weighted by Gasteiger charge is -2.26. The van der Waals surface area contributed by atoms with Gasteiger partial charge in [-0.25, -0.2) is 0 Å². The van der Waals surface area contributed by atoms with Crippen LogP contribution in [0.4, 0.5) is 0 Å². The van der Waals surface area contributed by atoms with Crippen molar-refractivity contribution in [2.75, 3.05) is 7.11 Å². The van der Waals surface area contributed by atoms with Crippen LogP contribution in [-0.4, -0.2) is 13.2 Å². The second kappa shape index (κ2) is 5.52. The molecule has 16 heavy (non-hydrogen) atoms. The molecule has 0 heterocycles. The topological polar surface area (TPSA) is 21.3 Å². The molecule has 0 atom stereocenters. The Morgan fingerprint density at radius 2 is 1.94 bits per heavy atom. The second-order valence-electron chi connectivity index (χ2n) is 4.10. The summed E-state index contributed by atoms with van der Waals surface area (Å²) >= 11 is 7.03. The van der Waals surface area contributed by atoms with Gasteiger partial charge in [-0.1, -0.05) is 6.42 Å². The molecule has 1 aromatic rings. The lowest BCUT2D eigenvalue weighted by atomic mass is 9.93. The summed E-state index contributed by atoms with van der Waals surface area (Å²) in [7, 11) is 1.68. The third-order valence-corrected chi connectivity index (χ3v) is 4.14. The molecular weight excluding hydrogens is 334 g/mol. The molecule has 1 aliphatic rings. The fourth-order valence-electron chi connectivity index (χ4n) is 1.78. The molecule has 1 aliphatic carbocycles. The minimum atomic E-state index is 0.722. The average Bonchev–Trinajstić information content (AvgIpc) is 2.15. The molecule has 88 valence electrons. The monoisotopic (exact) mass is 347 g/mol. The molecule has 1 N–H and O–H groups in total. The van der Waals surface area contributed by atoms with Crippen molar-refractivity contribution in [3.8, 4) is 5.75 Å². The molecule has 0 saturated heterocycles. The molecule has 2 rings (SSSR count). The van der Waals surface area contributed by atoms with Crippen molar-refractivity contribution in [2.24, 2.45) is 0 Å². The minimum Gasteiger partial charge on any atom is -0.494 e. The number of ether oxygens (including phenoxy) is 1. The highest BCUT2D eigenvalue weighted by molar-refractivity contribution is 9.11. The van der Waals surface area contributed by atoms with Gasteiger partial charge in [0.15, 0.2) is 0 Å². The maximum absolute atomic E-state index is 5.27. The van der Waals surface area contributed by atoms with Crippen LogP contribution in [0.3, 0.4) is 0 Å². The molecule has 1 aromatic carbocycles. The van der Waals surface area contributed by atoms with Gasteiger partial charge in [0.2, 0.25) is 0 Å². The largest absolute Gasteiger partial charge is 0.494 e. The first-order valence-corrected chi connectivity index (χ1v) is 7.04. The van der Waals surface area contributed by atoms with Crippen molar-refractivity contribution in [3.05, 3.63) is 26.6 Å². The molecule has 0 amide bonds. The summed E-state index contributed by atoms with van der Waals surface area (Å²) in [6.07, 6.45) is 4.00. The van der Waals surface area contributed by atoms with Gasteiger partial charge in [-0.3, -0.25) is 0 Å². The van der Waals surface area contributed by atoms with Crippen LogP contribution in [0.2, 0.25) is 0 Å². The summed E-state index contributed by atoms with van der Waals surface area (Å²) in [6, 6.07) is 4.93. The summed E-state index contributed by atoms with van der Waals surface area (Å²) in [5.41, 5.74) is 1.27. The summed E-state index contributed by atoms with van der Waals surface area (Å²) in [4.78, 5) is 0. The predicted molar refractivity (Wildman–Crippen MR) is 72.9 cm³/mol. The first-order chi connectivity index (χ1) is 7.70. The van der Waals surface area contributed by atoms with Crippen molar-refractivity contribution in [2.45, 2.75) is 31.8 Å². The summed E-state index contributed by atoms with van der Waals surface area (Å²) in [6.45, 7) is 0.922. The Bertz CT molecular complexity index is 354.